The smallest absolute Gasteiger partial charge is 0.367 e. The third-order valence-corrected chi connectivity index (χ3v) is 8.88. The van der Waals surface area contributed by atoms with Crippen LogP contribution in [0.15, 0.2) is 24.7 Å². The Morgan fingerprint density at radius 2 is 1.94 bits per heavy atom. The molecule has 0 fully saturated rings. The van der Waals surface area contributed by atoms with Gasteiger partial charge in [-0.25, -0.2) is 8.42 Å². The molecule has 1 atom stereocenters. The van der Waals surface area contributed by atoms with Gasteiger partial charge in [-0.2, -0.15) is 4.31 Å². The summed E-state index contributed by atoms with van der Waals surface area (Å²) in [5.74, 6) is 1.25. The first-order valence-electron chi connectivity index (χ1n) is 10.5. The normalized spacial score (nSPS) is 13.1. The number of nitrogens with zero attached hydrogens (tertiary/aromatic N) is 3. The number of furan rings is 1. The molecule has 3 rings (SSSR count). The molecule has 33 heavy (non-hydrogen) atoms. The summed E-state index contributed by atoms with van der Waals surface area (Å²) < 4.78 is 37.4. The maximum absolute atomic E-state index is 12.8. The number of aromatic hydroxyl groups is 1. The van der Waals surface area contributed by atoms with Crippen molar-refractivity contribution in [1.29, 1.82) is 0 Å². The van der Waals surface area contributed by atoms with Crippen LogP contribution in [0.1, 0.15) is 50.8 Å². The average molecular weight is 501 g/mol. The highest BCUT2D eigenvalue weighted by molar-refractivity contribution is 7.91. The first kappa shape index (κ1) is 24.9. The van der Waals surface area contributed by atoms with Crippen molar-refractivity contribution >= 4 is 38.7 Å². The Labute approximate surface area is 196 Å². The van der Waals surface area contributed by atoms with Crippen molar-refractivity contribution in [1.82, 2.24) is 9.46 Å². The molecule has 0 spiro atoms. The van der Waals surface area contributed by atoms with E-state index in [1.165, 1.54) is 9.69 Å². The topological polar surface area (TPSA) is 145 Å². The van der Waals surface area contributed by atoms with Crippen LogP contribution in [0.5, 0.6) is 5.75 Å². The number of anilines is 3. The Bertz CT molecular complexity index is 1190. The minimum Gasteiger partial charge on any atom is -0.504 e. The summed E-state index contributed by atoms with van der Waals surface area (Å²) in [6.07, 6.45) is 0. The molecule has 0 aromatic carbocycles. The van der Waals surface area contributed by atoms with E-state index >= 15 is 0 Å². The molecule has 0 aliphatic rings. The van der Waals surface area contributed by atoms with E-state index in [4.69, 9.17) is 9.05 Å². The van der Waals surface area contributed by atoms with Crippen molar-refractivity contribution in [2.45, 2.75) is 51.8 Å². The molecule has 3 aromatic rings. The average Bonchev–Trinajstić information content (AvgIpc) is 3.39. The fraction of sp³-hybridized carbons (Fsp3) is 0.500. The van der Waals surface area contributed by atoms with Gasteiger partial charge in [-0.1, -0.05) is 32.3 Å². The SMILES string of the molecule is CCN(CC)S(=O)(=O)c1scc(Nc2no[n+](O)c2N[C@@H](c2cc(C)c(C)o2)C(C)C)c1O. The van der Waals surface area contributed by atoms with Gasteiger partial charge < -0.3 is 20.0 Å². The van der Waals surface area contributed by atoms with Crippen LogP contribution in [0.4, 0.5) is 17.3 Å². The van der Waals surface area contributed by atoms with Crippen LogP contribution in [0, 0.1) is 19.8 Å². The van der Waals surface area contributed by atoms with Gasteiger partial charge in [-0.15, -0.1) is 11.3 Å². The zero-order valence-electron chi connectivity index (χ0n) is 19.4. The molecular formula is C20H30N5O6S2+. The molecular weight excluding hydrogens is 470 g/mol. The van der Waals surface area contributed by atoms with E-state index in [2.05, 4.69) is 15.8 Å². The number of aryl methyl sites for hydroxylation is 2. The van der Waals surface area contributed by atoms with Crippen LogP contribution in [0.2, 0.25) is 0 Å². The number of thiophene rings is 1. The van der Waals surface area contributed by atoms with Crippen LogP contribution in [-0.4, -0.2) is 41.3 Å². The molecule has 0 amide bonds. The zero-order valence-corrected chi connectivity index (χ0v) is 21.0. The van der Waals surface area contributed by atoms with E-state index in [1.54, 1.807) is 13.8 Å². The molecule has 0 aliphatic heterocycles. The molecule has 0 saturated carbocycles. The Morgan fingerprint density at radius 3 is 2.48 bits per heavy atom. The van der Waals surface area contributed by atoms with Gasteiger partial charge in [0.25, 0.3) is 10.0 Å². The molecule has 4 N–H and O–H groups in total. The molecule has 0 unspecified atom stereocenters. The van der Waals surface area contributed by atoms with E-state index in [9.17, 15) is 18.7 Å². The lowest BCUT2D eigenvalue weighted by Crippen LogP contribution is -2.33. The molecule has 11 nitrogen and oxygen atoms in total. The van der Waals surface area contributed by atoms with Crippen molar-refractivity contribution < 1.29 is 32.7 Å². The number of nitrogens with one attached hydrogen (secondary N) is 2. The van der Waals surface area contributed by atoms with Crippen molar-refractivity contribution in [2.75, 3.05) is 23.7 Å². The highest BCUT2D eigenvalue weighted by Gasteiger charge is 2.33. The fourth-order valence-electron chi connectivity index (χ4n) is 3.34. The van der Waals surface area contributed by atoms with Gasteiger partial charge in [0.1, 0.15) is 27.6 Å². The van der Waals surface area contributed by atoms with Crippen LogP contribution in [0.25, 0.3) is 0 Å². The van der Waals surface area contributed by atoms with Gasteiger partial charge in [0.2, 0.25) is 0 Å². The van der Waals surface area contributed by atoms with Gasteiger partial charge in [-0.3, -0.25) is 5.32 Å². The molecule has 3 heterocycles. The first-order valence-corrected chi connectivity index (χ1v) is 12.9. The van der Waals surface area contributed by atoms with Crippen molar-refractivity contribution in [3.63, 3.8) is 0 Å². The van der Waals surface area contributed by atoms with Crippen LogP contribution >= 0.6 is 11.3 Å². The summed E-state index contributed by atoms with van der Waals surface area (Å²) in [7, 11) is -3.84. The third-order valence-electron chi connectivity index (χ3n) is 5.34. The quantitative estimate of drug-likeness (QED) is 0.306. The van der Waals surface area contributed by atoms with E-state index in [-0.39, 0.29) is 46.6 Å². The lowest BCUT2D eigenvalue weighted by Gasteiger charge is -2.17. The second-order valence-corrected chi connectivity index (χ2v) is 10.9. The predicted octanol–water partition coefficient (Wildman–Crippen LogP) is 3.76. The summed E-state index contributed by atoms with van der Waals surface area (Å²) in [5, 5.41) is 32.1. The Morgan fingerprint density at radius 1 is 1.27 bits per heavy atom. The van der Waals surface area contributed by atoms with Crippen molar-refractivity contribution in [2.24, 2.45) is 5.92 Å². The lowest BCUT2D eigenvalue weighted by atomic mass is 10.0. The van der Waals surface area contributed by atoms with E-state index in [0.717, 1.165) is 22.7 Å². The Balaban J connectivity index is 1.91. The number of rotatable bonds is 10. The summed E-state index contributed by atoms with van der Waals surface area (Å²) in [5.41, 5.74) is 1.12. The highest BCUT2D eigenvalue weighted by atomic mass is 32.2. The van der Waals surface area contributed by atoms with Gasteiger partial charge >= 0.3 is 11.6 Å². The second kappa shape index (κ2) is 9.61. The Hall–Kier alpha value is -2.77. The van der Waals surface area contributed by atoms with Crippen molar-refractivity contribution in [3.8, 4) is 5.75 Å². The second-order valence-electron chi connectivity index (χ2n) is 7.90. The standard InChI is InChI=1S/C20H29N5O6S2/c1-7-24(8-2)33(28,29)20-17(26)14(10-32-20)21-18-19(25(27)31-23-18)22-16(11(3)4)15-9-12(5)13(6)30-15/h9-11,16,27H,7-8H2,1-6H3,(H2,21,23,26)/p+1/t16-/m1/s1. The van der Waals surface area contributed by atoms with Gasteiger partial charge in [-0.05, 0) is 31.4 Å². The summed E-state index contributed by atoms with van der Waals surface area (Å²) in [6.45, 7) is 11.8. The summed E-state index contributed by atoms with van der Waals surface area (Å²) >= 11 is 0.889. The maximum Gasteiger partial charge on any atom is 0.367 e. The number of hydrogen-bond acceptors (Lipinski definition) is 10. The molecule has 0 radical (unpaired) electrons. The molecule has 0 bridgehead atoms. The fourth-order valence-corrected chi connectivity index (χ4v) is 6.18. The Kier molecular flexibility index (Phi) is 7.24. The number of aromatic nitrogens is 2. The van der Waals surface area contributed by atoms with Gasteiger partial charge in [0, 0.05) is 18.5 Å². The van der Waals surface area contributed by atoms with E-state index < -0.39 is 15.8 Å². The number of sulfonamides is 1. The number of hydrogen-bond donors (Lipinski definition) is 4. The van der Waals surface area contributed by atoms with E-state index in [0.29, 0.717) is 10.7 Å². The van der Waals surface area contributed by atoms with Crippen molar-refractivity contribution in [3.05, 3.63) is 28.5 Å². The predicted molar refractivity (Wildman–Crippen MR) is 123 cm³/mol. The third kappa shape index (κ3) is 4.80. The maximum atomic E-state index is 12.8. The molecule has 3 aromatic heterocycles. The van der Waals surface area contributed by atoms with Gasteiger partial charge in [0.15, 0.2) is 9.96 Å². The minimum absolute atomic E-state index is 0.0584. The monoisotopic (exact) mass is 500 g/mol. The van der Waals surface area contributed by atoms with Gasteiger partial charge in [0.05, 0.1) is 5.69 Å². The summed E-state index contributed by atoms with van der Waals surface area (Å²) in [6, 6.07) is 1.59. The molecule has 0 saturated heterocycles. The van der Waals surface area contributed by atoms with Crippen LogP contribution < -0.4 is 15.5 Å². The minimum atomic E-state index is -3.84. The molecule has 13 heteroatoms. The van der Waals surface area contributed by atoms with E-state index in [1.807, 2.05) is 33.8 Å². The molecule has 0 aliphatic carbocycles. The first-order chi connectivity index (χ1) is 15.5. The largest absolute Gasteiger partial charge is 0.504 e. The highest BCUT2D eigenvalue weighted by Crippen LogP contribution is 2.41. The molecule has 182 valence electrons. The van der Waals surface area contributed by atoms with Crippen LogP contribution in [-0.2, 0) is 10.0 Å². The van der Waals surface area contributed by atoms with Crippen LogP contribution in [0.3, 0.4) is 0 Å². The zero-order chi connectivity index (χ0) is 24.5. The lowest BCUT2D eigenvalue weighted by molar-refractivity contribution is -1.03. The summed E-state index contributed by atoms with van der Waals surface area (Å²) in [4.78, 5) is 0.456.